The number of nitrogens with one attached hydrogen (secondary N) is 1. The Bertz CT molecular complexity index is 517. The Labute approximate surface area is 128 Å². The van der Waals surface area contributed by atoms with Crippen molar-refractivity contribution in [1.82, 2.24) is 15.2 Å². The second kappa shape index (κ2) is 5.51. The van der Waals surface area contributed by atoms with Crippen molar-refractivity contribution in [3.05, 3.63) is 28.0 Å². The van der Waals surface area contributed by atoms with Crippen LogP contribution in [-0.4, -0.2) is 35.4 Å². The van der Waals surface area contributed by atoms with Gasteiger partial charge in [-0.25, -0.2) is 0 Å². The molecule has 1 spiro atoms. The van der Waals surface area contributed by atoms with Crippen LogP contribution in [0.25, 0.3) is 0 Å². The average Bonchev–Trinajstić information content (AvgIpc) is 2.82. The monoisotopic (exact) mass is 313 g/mol. The molecular weight excluding hydrogens is 297 g/mol. The molecule has 0 saturated carbocycles. The van der Waals surface area contributed by atoms with Crippen molar-refractivity contribution in [2.24, 2.45) is 5.41 Å². The summed E-state index contributed by atoms with van der Waals surface area (Å²) in [5.74, 6) is 0.207. The van der Waals surface area contributed by atoms with Crippen LogP contribution in [0.5, 0.6) is 0 Å². The van der Waals surface area contributed by atoms with Gasteiger partial charge >= 0.3 is 0 Å². The summed E-state index contributed by atoms with van der Waals surface area (Å²) in [5.41, 5.74) is 0.695. The standard InChI is InChI=1S/C14H17Cl2N3O/c15-11-6-17-7-12(16)10(11)8-19-5-3-14(9-19)2-1-4-18-13(14)20/h6-7H,1-5,8-9H2,(H,18,20)/t14-/m0/s1. The fourth-order valence-corrected chi connectivity index (χ4v) is 3.71. The zero-order valence-corrected chi connectivity index (χ0v) is 12.7. The summed E-state index contributed by atoms with van der Waals surface area (Å²) in [6.07, 6.45) is 6.19. The Morgan fingerprint density at radius 3 is 2.75 bits per heavy atom. The third-order valence-corrected chi connectivity index (χ3v) is 5.02. The third kappa shape index (κ3) is 2.52. The van der Waals surface area contributed by atoms with Crippen molar-refractivity contribution in [3.8, 4) is 0 Å². The molecule has 1 aromatic heterocycles. The van der Waals surface area contributed by atoms with Gasteiger partial charge in [0.2, 0.25) is 5.91 Å². The minimum atomic E-state index is -0.204. The molecule has 1 atom stereocenters. The minimum Gasteiger partial charge on any atom is -0.356 e. The van der Waals surface area contributed by atoms with Crippen molar-refractivity contribution in [1.29, 1.82) is 0 Å². The number of hydrogen-bond donors (Lipinski definition) is 1. The molecule has 108 valence electrons. The topological polar surface area (TPSA) is 45.2 Å². The van der Waals surface area contributed by atoms with Crippen LogP contribution < -0.4 is 5.32 Å². The number of amides is 1. The Morgan fingerprint density at radius 2 is 2.05 bits per heavy atom. The van der Waals surface area contributed by atoms with Crippen molar-refractivity contribution >= 4 is 29.1 Å². The van der Waals surface area contributed by atoms with Crippen molar-refractivity contribution in [2.75, 3.05) is 19.6 Å². The number of hydrogen-bond acceptors (Lipinski definition) is 3. The summed E-state index contributed by atoms with van der Waals surface area (Å²) in [6, 6.07) is 0. The second-order valence-electron chi connectivity index (χ2n) is 5.68. The fraction of sp³-hybridized carbons (Fsp3) is 0.571. The molecule has 2 aliphatic rings. The first-order valence-electron chi connectivity index (χ1n) is 6.89. The van der Waals surface area contributed by atoms with E-state index in [9.17, 15) is 4.79 Å². The number of nitrogens with zero attached hydrogens (tertiary/aromatic N) is 2. The van der Waals surface area contributed by atoms with Crippen LogP contribution in [-0.2, 0) is 11.3 Å². The van der Waals surface area contributed by atoms with Gasteiger partial charge < -0.3 is 5.32 Å². The Morgan fingerprint density at radius 1 is 1.30 bits per heavy atom. The van der Waals surface area contributed by atoms with Gasteiger partial charge in [0.05, 0.1) is 15.5 Å². The third-order valence-electron chi connectivity index (χ3n) is 4.37. The molecule has 4 nitrogen and oxygen atoms in total. The molecule has 3 heterocycles. The molecule has 0 bridgehead atoms. The van der Waals surface area contributed by atoms with Gasteiger partial charge in [0, 0.05) is 37.6 Å². The van der Waals surface area contributed by atoms with E-state index in [0.29, 0.717) is 16.6 Å². The van der Waals surface area contributed by atoms with Crippen molar-refractivity contribution < 1.29 is 4.79 Å². The van der Waals surface area contributed by atoms with E-state index in [-0.39, 0.29) is 11.3 Å². The van der Waals surface area contributed by atoms with Crippen LogP contribution in [0.15, 0.2) is 12.4 Å². The number of likely N-dealkylation sites (tertiary alicyclic amines) is 1. The molecule has 2 fully saturated rings. The Kier molecular flexibility index (Phi) is 3.89. The lowest BCUT2D eigenvalue weighted by Crippen LogP contribution is -2.47. The molecule has 0 aromatic carbocycles. The molecule has 1 N–H and O–H groups in total. The van der Waals surface area contributed by atoms with Crippen LogP contribution in [0.2, 0.25) is 10.0 Å². The van der Waals surface area contributed by atoms with E-state index in [2.05, 4.69) is 15.2 Å². The molecule has 2 aliphatic heterocycles. The molecule has 20 heavy (non-hydrogen) atoms. The predicted molar refractivity (Wildman–Crippen MR) is 78.8 cm³/mol. The summed E-state index contributed by atoms with van der Waals surface area (Å²) < 4.78 is 0. The number of halogens is 2. The number of piperidine rings is 1. The van der Waals surface area contributed by atoms with Crippen LogP contribution in [0.3, 0.4) is 0 Å². The van der Waals surface area contributed by atoms with Gasteiger partial charge in [0.15, 0.2) is 0 Å². The zero-order valence-electron chi connectivity index (χ0n) is 11.2. The first-order chi connectivity index (χ1) is 9.61. The number of aromatic nitrogens is 1. The number of carbonyl (C=O) groups is 1. The van der Waals surface area contributed by atoms with E-state index in [4.69, 9.17) is 23.2 Å². The predicted octanol–water partition coefficient (Wildman–Crippen LogP) is 2.49. The maximum Gasteiger partial charge on any atom is 0.227 e. The van der Waals surface area contributed by atoms with Gasteiger partial charge in [-0.15, -0.1) is 0 Å². The highest BCUT2D eigenvalue weighted by Crippen LogP contribution is 2.38. The number of rotatable bonds is 2. The van der Waals surface area contributed by atoms with Crippen molar-refractivity contribution in [3.63, 3.8) is 0 Å². The van der Waals surface area contributed by atoms with E-state index in [1.54, 1.807) is 12.4 Å². The van der Waals surface area contributed by atoms with Crippen molar-refractivity contribution in [2.45, 2.75) is 25.8 Å². The van der Waals surface area contributed by atoms with E-state index in [1.807, 2.05) is 0 Å². The highest BCUT2D eigenvalue weighted by molar-refractivity contribution is 6.35. The van der Waals surface area contributed by atoms with Gasteiger partial charge in [-0.1, -0.05) is 23.2 Å². The lowest BCUT2D eigenvalue weighted by molar-refractivity contribution is -0.132. The highest BCUT2D eigenvalue weighted by Gasteiger charge is 2.45. The molecule has 1 aromatic rings. The molecule has 1 amide bonds. The van der Waals surface area contributed by atoms with Crippen LogP contribution in [0.1, 0.15) is 24.8 Å². The van der Waals surface area contributed by atoms with Gasteiger partial charge in [0.25, 0.3) is 0 Å². The largest absolute Gasteiger partial charge is 0.356 e. The Balaban J connectivity index is 1.73. The summed E-state index contributed by atoms with van der Waals surface area (Å²) >= 11 is 12.3. The SMILES string of the molecule is O=C1NCCC[C@@]12CCN(Cc1c(Cl)cncc1Cl)C2. The van der Waals surface area contributed by atoms with E-state index >= 15 is 0 Å². The number of pyridine rings is 1. The molecule has 3 rings (SSSR count). The highest BCUT2D eigenvalue weighted by atomic mass is 35.5. The van der Waals surface area contributed by atoms with Crippen LogP contribution in [0.4, 0.5) is 0 Å². The average molecular weight is 314 g/mol. The Hall–Kier alpha value is -0.840. The van der Waals surface area contributed by atoms with Crippen LogP contribution >= 0.6 is 23.2 Å². The first-order valence-corrected chi connectivity index (χ1v) is 7.65. The second-order valence-corrected chi connectivity index (χ2v) is 6.50. The molecule has 0 aliphatic carbocycles. The molecule has 2 saturated heterocycles. The maximum absolute atomic E-state index is 12.2. The summed E-state index contributed by atoms with van der Waals surface area (Å²) in [6.45, 7) is 3.17. The van der Waals surface area contributed by atoms with Gasteiger partial charge in [-0.3, -0.25) is 14.7 Å². The summed E-state index contributed by atoms with van der Waals surface area (Å²) in [4.78, 5) is 18.4. The molecule has 0 radical (unpaired) electrons. The fourth-order valence-electron chi connectivity index (χ4n) is 3.23. The smallest absolute Gasteiger partial charge is 0.227 e. The maximum atomic E-state index is 12.2. The van der Waals surface area contributed by atoms with E-state index in [1.165, 1.54) is 0 Å². The normalized spacial score (nSPS) is 27.0. The van der Waals surface area contributed by atoms with E-state index < -0.39 is 0 Å². The zero-order chi connectivity index (χ0) is 14.2. The van der Waals surface area contributed by atoms with Gasteiger partial charge in [-0.2, -0.15) is 0 Å². The first kappa shape index (κ1) is 14.1. The summed E-state index contributed by atoms with van der Waals surface area (Å²) in [7, 11) is 0. The van der Waals surface area contributed by atoms with Crippen LogP contribution in [0, 0.1) is 5.41 Å². The minimum absolute atomic E-state index is 0.204. The molecule has 0 unspecified atom stereocenters. The van der Waals surface area contributed by atoms with Gasteiger partial charge in [0.1, 0.15) is 0 Å². The quantitative estimate of drug-likeness (QED) is 0.912. The van der Waals surface area contributed by atoms with E-state index in [0.717, 1.165) is 44.5 Å². The number of carbonyl (C=O) groups excluding carboxylic acids is 1. The lowest BCUT2D eigenvalue weighted by atomic mass is 9.79. The molecule has 6 heteroatoms. The lowest BCUT2D eigenvalue weighted by Gasteiger charge is -2.32. The molecular formula is C14H17Cl2N3O. The summed E-state index contributed by atoms with van der Waals surface area (Å²) in [5, 5.41) is 4.17. The van der Waals surface area contributed by atoms with Gasteiger partial charge in [-0.05, 0) is 25.8 Å².